The van der Waals surface area contributed by atoms with Crippen molar-refractivity contribution in [2.45, 2.75) is 39.6 Å². The lowest BCUT2D eigenvalue weighted by Gasteiger charge is -2.34. The molecule has 0 spiro atoms. The first-order valence-corrected chi connectivity index (χ1v) is 8.78. The molecule has 0 N–H and O–H groups in total. The van der Waals surface area contributed by atoms with Crippen LogP contribution in [0.3, 0.4) is 0 Å². The Kier molecular flexibility index (Phi) is 5.47. The normalized spacial score (nSPS) is 13.3. The minimum absolute atomic E-state index is 0.00381. The maximum absolute atomic E-state index is 13.1. The van der Waals surface area contributed by atoms with Crippen LogP contribution in [0, 0.1) is 0 Å². The van der Waals surface area contributed by atoms with Gasteiger partial charge in [-0.25, -0.2) is 0 Å². The predicted molar refractivity (Wildman–Crippen MR) is 100 cm³/mol. The summed E-state index contributed by atoms with van der Waals surface area (Å²) in [5, 5.41) is 3.55. The number of aromatic nitrogens is 1. The molecule has 1 aliphatic rings. The number of hydrogen-bond acceptors (Lipinski definition) is 4. The Morgan fingerprint density at radius 1 is 1.22 bits per heavy atom. The van der Waals surface area contributed by atoms with Gasteiger partial charge in [0.05, 0.1) is 6.54 Å². The van der Waals surface area contributed by atoms with Gasteiger partial charge in [-0.15, -0.1) is 0 Å². The fourth-order valence-electron chi connectivity index (χ4n) is 3.19. The van der Waals surface area contributed by atoms with Crippen molar-refractivity contribution < 1.29 is 9.53 Å². The van der Waals surface area contributed by atoms with Crippen LogP contribution < -0.4 is 10.2 Å². The molecule has 2 heterocycles. The Bertz CT molecular complexity index is 946. The van der Waals surface area contributed by atoms with E-state index in [-0.39, 0.29) is 42.0 Å². The highest BCUT2D eigenvalue weighted by molar-refractivity contribution is 5.96. The van der Waals surface area contributed by atoms with Crippen molar-refractivity contribution in [1.29, 1.82) is 0 Å². The second-order valence-corrected chi connectivity index (χ2v) is 6.58. The van der Waals surface area contributed by atoms with Gasteiger partial charge in [-0.2, -0.15) is 0 Å². The Morgan fingerprint density at radius 2 is 1.96 bits per heavy atom. The van der Waals surface area contributed by atoms with Crippen LogP contribution >= 0.6 is 0 Å². The summed E-state index contributed by atoms with van der Waals surface area (Å²) >= 11 is 0. The summed E-state index contributed by atoms with van der Waals surface area (Å²) in [6.07, 6.45) is 0. The summed E-state index contributed by atoms with van der Waals surface area (Å²) in [5.41, 5.74) is 9.85. The van der Waals surface area contributed by atoms with E-state index in [1.54, 1.807) is 9.47 Å². The molecule has 0 bridgehead atoms. The Balaban J connectivity index is 2.06. The van der Waals surface area contributed by atoms with Gasteiger partial charge in [-0.3, -0.25) is 9.59 Å². The van der Waals surface area contributed by atoms with Gasteiger partial charge in [0.1, 0.15) is 6.61 Å². The highest BCUT2D eigenvalue weighted by Crippen LogP contribution is 2.24. The number of carbonyl (C=O) groups excluding carboxylic acids is 1. The molecule has 140 valence electrons. The molecule has 2 aromatic rings. The van der Waals surface area contributed by atoms with Crippen molar-refractivity contribution in [1.82, 2.24) is 9.47 Å². The molecule has 0 radical (unpaired) electrons. The maximum atomic E-state index is 13.1. The highest BCUT2D eigenvalue weighted by atomic mass is 16.5. The first-order valence-electron chi connectivity index (χ1n) is 8.78. The van der Waals surface area contributed by atoms with Crippen molar-refractivity contribution in [3.8, 4) is 5.75 Å². The monoisotopic (exact) mass is 367 g/mol. The van der Waals surface area contributed by atoms with Crippen molar-refractivity contribution in [3.63, 3.8) is 0 Å². The molecule has 0 fully saturated rings. The fourth-order valence-corrected chi connectivity index (χ4v) is 3.19. The zero-order valence-corrected chi connectivity index (χ0v) is 15.3. The highest BCUT2D eigenvalue weighted by Gasteiger charge is 2.32. The molecule has 0 saturated carbocycles. The van der Waals surface area contributed by atoms with Gasteiger partial charge in [0.2, 0.25) is 5.43 Å². The Labute approximate surface area is 156 Å². The largest absolute Gasteiger partial charge is 0.483 e. The Morgan fingerprint density at radius 3 is 2.63 bits per heavy atom. The average molecular weight is 367 g/mol. The number of fused-ring (bicyclic) bond motifs is 1. The summed E-state index contributed by atoms with van der Waals surface area (Å²) < 4.78 is 7.53. The second-order valence-electron chi connectivity index (χ2n) is 6.58. The van der Waals surface area contributed by atoms with Gasteiger partial charge in [0.25, 0.3) is 5.91 Å². The molecule has 0 saturated heterocycles. The molecular weight excluding hydrogens is 346 g/mol. The number of rotatable bonds is 6. The topological polar surface area (TPSA) is 100 Å². The summed E-state index contributed by atoms with van der Waals surface area (Å²) in [6, 6.07) is 10.8. The molecule has 1 aromatic carbocycles. The van der Waals surface area contributed by atoms with E-state index < -0.39 is 0 Å². The summed E-state index contributed by atoms with van der Waals surface area (Å²) in [6.45, 7) is 5.09. The molecule has 3 rings (SSSR count). The predicted octanol–water partition coefficient (Wildman–Crippen LogP) is 3.10. The average Bonchev–Trinajstić information content (AvgIpc) is 2.66. The third kappa shape index (κ3) is 3.80. The molecule has 0 unspecified atom stereocenters. The van der Waals surface area contributed by atoms with Gasteiger partial charge in [0.15, 0.2) is 11.4 Å². The number of nitrogens with zero attached hydrogens (tertiary/aromatic N) is 5. The maximum Gasteiger partial charge on any atom is 0.274 e. The minimum atomic E-state index is -0.390. The van der Waals surface area contributed by atoms with Crippen molar-refractivity contribution >= 4 is 5.91 Å². The van der Waals surface area contributed by atoms with E-state index >= 15 is 0 Å². The summed E-state index contributed by atoms with van der Waals surface area (Å²) in [5.74, 6) is -0.210. The van der Waals surface area contributed by atoms with E-state index in [0.717, 1.165) is 5.56 Å². The minimum Gasteiger partial charge on any atom is -0.483 e. The van der Waals surface area contributed by atoms with Gasteiger partial charge in [-0.05, 0) is 24.9 Å². The van der Waals surface area contributed by atoms with Crippen LogP contribution in [0.1, 0.15) is 35.6 Å². The van der Waals surface area contributed by atoms with Crippen molar-refractivity contribution in [3.05, 3.63) is 74.0 Å². The quantitative estimate of drug-likeness (QED) is 0.445. The van der Waals surface area contributed by atoms with E-state index in [2.05, 4.69) is 10.0 Å². The third-order valence-electron chi connectivity index (χ3n) is 4.53. The molecule has 27 heavy (non-hydrogen) atoms. The van der Waals surface area contributed by atoms with Crippen LogP contribution in [0.5, 0.6) is 5.75 Å². The molecule has 1 aromatic heterocycles. The van der Waals surface area contributed by atoms with E-state index in [1.165, 1.54) is 6.07 Å². The Hall–Kier alpha value is -3.25. The number of hydrogen-bond donors (Lipinski definition) is 0. The van der Waals surface area contributed by atoms with Crippen LogP contribution in [0.2, 0.25) is 0 Å². The van der Waals surface area contributed by atoms with E-state index in [0.29, 0.717) is 18.8 Å². The van der Waals surface area contributed by atoms with E-state index in [9.17, 15) is 9.59 Å². The molecule has 1 amide bonds. The number of pyridine rings is 1. The van der Waals surface area contributed by atoms with Crippen LogP contribution in [0.15, 0.2) is 46.3 Å². The van der Waals surface area contributed by atoms with Crippen LogP contribution in [0.4, 0.5) is 0 Å². The molecule has 8 nitrogen and oxygen atoms in total. The van der Waals surface area contributed by atoms with Gasteiger partial charge >= 0.3 is 0 Å². The molecule has 0 aliphatic carbocycles. The smallest absolute Gasteiger partial charge is 0.274 e. The van der Waals surface area contributed by atoms with Crippen molar-refractivity contribution in [2.24, 2.45) is 5.11 Å². The first kappa shape index (κ1) is 18.5. The van der Waals surface area contributed by atoms with Crippen LogP contribution in [-0.4, -0.2) is 28.0 Å². The van der Waals surface area contributed by atoms with Gasteiger partial charge in [0, 0.05) is 35.8 Å². The third-order valence-corrected chi connectivity index (χ3v) is 4.53. The van der Waals surface area contributed by atoms with E-state index in [1.807, 2.05) is 44.2 Å². The first-order chi connectivity index (χ1) is 13.0. The van der Waals surface area contributed by atoms with E-state index in [4.69, 9.17) is 10.3 Å². The zero-order valence-electron chi connectivity index (χ0n) is 15.3. The standard InChI is InChI=1S/C19H21N5O3/c1-13(2)23-8-9-24-15(11-21-22-20)10-16(25)18(17(24)19(23)26)27-12-14-6-4-3-5-7-14/h3-7,10,13H,8-9,11-12H2,1-2H3. The lowest BCUT2D eigenvalue weighted by atomic mass is 10.1. The second kappa shape index (κ2) is 7.97. The summed E-state index contributed by atoms with van der Waals surface area (Å²) in [4.78, 5) is 30.2. The fraction of sp³-hybridized carbons (Fsp3) is 0.368. The zero-order chi connectivity index (χ0) is 19.4. The number of carbonyl (C=O) groups is 1. The SMILES string of the molecule is CC(C)N1CCn2c(CN=[N+]=[N-])cc(=O)c(OCc3ccccc3)c2C1=O. The van der Waals surface area contributed by atoms with Gasteiger partial charge < -0.3 is 14.2 Å². The molecule has 8 heteroatoms. The molecule has 1 aliphatic heterocycles. The number of ether oxygens (including phenoxy) is 1. The number of azide groups is 1. The lowest BCUT2D eigenvalue weighted by molar-refractivity contribution is 0.0636. The molecule has 0 atom stereocenters. The number of benzene rings is 1. The number of amides is 1. The molecular formula is C19H21N5O3. The summed E-state index contributed by atoms with van der Waals surface area (Å²) in [7, 11) is 0. The van der Waals surface area contributed by atoms with Crippen LogP contribution in [0.25, 0.3) is 10.4 Å². The van der Waals surface area contributed by atoms with Crippen molar-refractivity contribution in [2.75, 3.05) is 6.54 Å². The van der Waals surface area contributed by atoms with Crippen LogP contribution in [-0.2, 0) is 19.7 Å². The van der Waals surface area contributed by atoms with Gasteiger partial charge in [-0.1, -0.05) is 35.4 Å². The lowest BCUT2D eigenvalue weighted by Crippen LogP contribution is -2.46.